The Morgan fingerprint density at radius 1 is 1.00 bits per heavy atom. The molecule has 2 bridgehead atoms. The van der Waals surface area contributed by atoms with E-state index in [9.17, 15) is 13.2 Å². The van der Waals surface area contributed by atoms with Crippen molar-refractivity contribution in [3.63, 3.8) is 0 Å². The Morgan fingerprint density at radius 2 is 1.78 bits per heavy atom. The van der Waals surface area contributed by atoms with Crippen LogP contribution < -0.4 is 0 Å². The lowest BCUT2D eigenvalue weighted by molar-refractivity contribution is -0.136. The van der Waals surface area contributed by atoms with E-state index >= 15 is 0 Å². The van der Waals surface area contributed by atoms with Gasteiger partial charge in [-0.25, -0.2) is 0 Å². The molecule has 3 aliphatic heterocycles. The van der Waals surface area contributed by atoms with E-state index in [1.54, 1.807) is 0 Å². The summed E-state index contributed by atoms with van der Waals surface area (Å²) in [5.41, 5.74) is 1.32. The second kappa shape index (κ2) is 7.22. The number of alkyl halides is 3. The molecule has 5 heteroatoms. The first-order chi connectivity index (χ1) is 11.0. The van der Waals surface area contributed by atoms with Crippen molar-refractivity contribution in [2.75, 3.05) is 26.2 Å². The van der Waals surface area contributed by atoms with Crippen LogP contribution in [0.15, 0.2) is 30.3 Å². The zero-order valence-electron chi connectivity index (χ0n) is 13.4. The molecule has 3 aliphatic rings. The maximum atomic E-state index is 12.4. The van der Waals surface area contributed by atoms with E-state index in [0.717, 1.165) is 32.6 Å². The molecule has 0 unspecified atom stereocenters. The van der Waals surface area contributed by atoms with E-state index in [2.05, 4.69) is 34.1 Å². The fraction of sp³-hybridized carbons (Fsp3) is 0.667. The van der Waals surface area contributed by atoms with E-state index in [1.807, 2.05) is 6.07 Å². The Bertz CT molecular complexity index is 489. The van der Waals surface area contributed by atoms with Gasteiger partial charge in [0, 0.05) is 38.6 Å². The summed E-state index contributed by atoms with van der Waals surface area (Å²) in [4.78, 5) is 4.80. The molecule has 0 aliphatic carbocycles. The summed E-state index contributed by atoms with van der Waals surface area (Å²) in [6.45, 7) is 4.55. The summed E-state index contributed by atoms with van der Waals surface area (Å²) in [6, 6.07) is 10.9. The van der Waals surface area contributed by atoms with Gasteiger partial charge in [-0.2, -0.15) is 13.2 Å². The standard InChI is InChI=1S/C18H25F3N2/c19-18(20,21)9-4-10-23-13-16-7-8-17(23)14-22(12-16)11-15-5-2-1-3-6-15/h1-3,5-6,16-17H,4,7-14H2/t16-,17+/m0/s1. The highest BCUT2D eigenvalue weighted by Crippen LogP contribution is 2.30. The highest BCUT2D eigenvalue weighted by atomic mass is 19.4. The number of hydrogen-bond acceptors (Lipinski definition) is 2. The zero-order chi connectivity index (χ0) is 16.3. The lowest BCUT2D eigenvalue weighted by Crippen LogP contribution is -2.44. The predicted octanol–water partition coefficient (Wildman–Crippen LogP) is 3.93. The highest BCUT2D eigenvalue weighted by molar-refractivity contribution is 5.14. The van der Waals surface area contributed by atoms with Gasteiger partial charge in [0.1, 0.15) is 0 Å². The second-order valence-electron chi connectivity index (χ2n) is 6.99. The molecule has 23 heavy (non-hydrogen) atoms. The number of hydrogen-bond donors (Lipinski definition) is 0. The normalized spacial score (nSPS) is 26.4. The predicted molar refractivity (Wildman–Crippen MR) is 85.1 cm³/mol. The van der Waals surface area contributed by atoms with Crippen molar-refractivity contribution in [2.45, 2.75) is 44.4 Å². The van der Waals surface area contributed by atoms with Crippen LogP contribution in [0.25, 0.3) is 0 Å². The third-order valence-corrected chi connectivity index (χ3v) is 5.06. The number of halogens is 3. The molecule has 1 aromatic carbocycles. The molecule has 3 saturated heterocycles. The summed E-state index contributed by atoms with van der Waals surface area (Å²) in [7, 11) is 0. The van der Waals surface area contributed by atoms with Gasteiger partial charge in [0.05, 0.1) is 0 Å². The van der Waals surface area contributed by atoms with Gasteiger partial charge in [-0.1, -0.05) is 30.3 Å². The van der Waals surface area contributed by atoms with Gasteiger partial charge in [-0.3, -0.25) is 9.80 Å². The van der Waals surface area contributed by atoms with Crippen LogP contribution in [-0.4, -0.2) is 48.2 Å². The van der Waals surface area contributed by atoms with E-state index in [0.29, 0.717) is 18.5 Å². The molecule has 3 fully saturated rings. The van der Waals surface area contributed by atoms with E-state index in [-0.39, 0.29) is 6.42 Å². The quantitative estimate of drug-likeness (QED) is 0.809. The average Bonchev–Trinajstić information content (AvgIpc) is 2.77. The van der Waals surface area contributed by atoms with Gasteiger partial charge >= 0.3 is 6.18 Å². The van der Waals surface area contributed by atoms with Crippen LogP contribution in [0.2, 0.25) is 0 Å². The van der Waals surface area contributed by atoms with Crippen LogP contribution in [0.5, 0.6) is 0 Å². The topological polar surface area (TPSA) is 6.48 Å². The highest BCUT2D eigenvalue weighted by Gasteiger charge is 2.35. The van der Waals surface area contributed by atoms with Gasteiger partial charge in [-0.05, 0) is 37.3 Å². The van der Waals surface area contributed by atoms with Crippen molar-refractivity contribution >= 4 is 0 Å². The van der Waals surface area contributed by atoms with Gasteiger partial charge in [-0.15, -0.1) is 0 Å². The minimum atomic E-state index is -4.02. The van der Waals surface area contributed by atoms with Crippen LogP contribution in [-0.2, 0) is 6.54 Å². The van der Waals surface area contributed by atoms with Crippen LogP contribution in [0.1, 0.15) is 31.2 Å². The van der Waals surface area contributed by atoms with Crippen molar-refractivity contribution in [1.82, 2.24) is 9.80 Å². The van der Waals surface area contributed by atoms with Gasteiger partial charge in [0.15, 0.2) is 0 Å². The number of benzene rings is 1. The number of fused-ring (bicyclic) bond motifs is 4. The van der Waals surface area contributed by atoms with Crippen molar-refractivity contribution in [1.29, 1.82) is 0 Å². The lowest BCUT2D eigenvalue weighted by atomic mass is 9.95. The molecule has 1 aromatic rings. The van der Waals surface area contributed by atoms with E-state index in [1.165, 1.54) is 12.0 Å². The van der Waals surface area contributed by atoms with Crippen LogP contribution in [0, 0.1) is 5.92 Å². The second-order valence-corrected chi connectivity index (χ2v) is 6.99. The SMILES string of the molecule is FC(F)(F)CCCN1C[C@H]2CC[C@@H]1CN(Cc1ccccc1)C2. The van der Waals surface area contributed by atoms with Crippen molar-refractivity contribution < 1.29 is 13.2 Å². The number of nitrogens with zero attached hydrogens (tertiary/aromatic N) is 2. The summed E-state index contributed by atoms with van der Waals surface area (Å²) < 4.78 is 37.1. The monoisotopic (exact) mass is 326 g/mol. The molecule has 128 valence electrons. The lowest BCUT2D eigenvalue weighted by Gasteiger charge is -2.36. The minimum absolute atomic E-state index is 0.228. The molecule has 0 saturated carbocycles. The molecule has 0 N–H and O–H groups in total. The first-order valence-electron chi connectivity index (χ1n) is 8.57. The first kappa shape index (κ1) is 16.8. The van der Waals surface area contributed by atoms with Crippen LogP contribution in [0.3, 0.4) is 0 Å². The maximum Gasteiger partial charge on any atom is 0.389 e. The van der Waals surface area contributed by atoms with E-state index < -0.39 is 12.6 Å². The molecule has 2 nitrogen and oxygen atoms in total. The Balaban J connectivity index is 1.55. The largest absolute Gasteiger partial charge is 0.389 e. The summed E-state index contributed by atoms with van der Waals surface area (Å²) in [5.74, 6) is 0.600. The van der Waals surface area contributed by atoms with Crippen molar-refractivity contribution in [2.24, 2.45) is 5.92 Å². The molecule has 0 spiro atoms. The Labute approximate surface area is 136 Å². The summed E-state index contributed by atoms with van der Waals surface area (Å²) in [6.07, 6.45) is -2.11. The van der Waals surface area contributed by atoms with Crippen LogP contribution in [0.4, 0.5) is 13.2 Å². The van der Waals surface area contributed by atoms with Gasteiger partial charge < -0.3 is 0 Å². The molecular formula is C18H25F3N2. The molecule has 0 radical (unpaired) electrons. The molecule has 0 aromatic heterocycles. The van der Waals surface area contributed by atoms with Gasteiger partial charge in [0.2, 0.25) is 0 Å². The fourth-order valence-electron chi connectivity index (χ4n) is 4.00. The third-order valence-electron chi connectivity index (χ3n) is 5.06. The van der Waals surface area contributed by atoms with E-state index in [4.69, 9.17) is 0 Å². The van der Waals surface area contributed by atoms with Crippen LogP contribution >= 0.6 is 0 Å². The Hall–Kier alpha value is -1.07. The minimum Gasteiger partial charge on any atom is -0.299 e. The van der Waals surface area contributed by atoms with Crippen molar-refractivity contribution in [3.05, 3.63) is 35.9 Å². The number of piperidine rings is 1. The van der Waals surface area contributed by atoms with Crippen molar-refractivity contribution in [3.8, 4) is 0 Å². The molecular weight excluding hydrogens is 301 g/mol. The Kier molecular flexibility index (Phi) is 5.27. The Morgan fingerprint density at radius 3 is 2.52 bits per heavy atom. The maximum absolute atomic E-state index is 12.4. The molecule has 0 amide bonds. The summed E-state index contributed by atoms with van der Waals surface area (Å²) in [5, 5.41) is 0. The third kappa shape index (κ3) is 4.95. The molecule has 2 atom stereocenters. The fourth-order valence-corrected chi connectivity index (χ4v) is 4.00. The van der Waals surface area contributed by atoms with Gasteiger partial charge in [0.25, 0.3) is 0 Å². The smallest absolute Gasteiger partial charge is 0.299 e. The first-order valence-corrected chi connectivity index (χ1v) is 8.57. The average molecular weight is 326 g/mol. The summed E-state index contributed by atoms with van der Waals surface area (Å²) >= 11 is 0. The zero-order valence-corrected chi connectivity index (χ0v) is 13.4. The number of rotatable bonds is 5. The molecule has 4 rings (SSSR count). The molecule has 3 heterocycles.